The molecule has 228 valence electrons. The highest BCUT2D eigenvalue weighted by atomic mass is 16.7. The van der Waals surface area contributed by atoms with Gasteiger partial charge in [-0.15, -0.1) is 0 Å². The number of phenolic OH excluding ortho intramolecular Hbond substituents is 2. The molecule has 41 heavy (non-hydrogen) atoms. The third-order valence-electron chi connectivity index (χ3n) is 7.99. The fourth-order valence-corrected chi connectivity index (χ4v) is 5.83. The molecule has 13 heteroatoms. The van der Waals surface area contributed by atoms with E-state index in [4.69, 9.17) is 28.4 Å². The van der Waals surface area contributed by atoms with Gasteiger partial charge in [0.05, 0.1) is 41.7 Å². The van der Waals surface area contributed by atoms with Crippen molar-refractivity contribution >= 4 is 0 Å². The van der Waals surface area contributed by atoms with Gasteiger partial charge >= 0.3 is 0 Å². The molecule has 1 heterocycles. The molecule has 1 aliphatic carbocycles. The zero-order valence-electron chi connectivity index (χ0n) is 23.3. The van der Waals surface area contributed by atoms with Crippen LogP contribution in [0.15, 0.2) is 18.2 Å². The number of benzene rings is 2. The summed E-state index contributed by atoms with van der Waals surface area (Å²) >= 11 is 0. The maximum Gasteiger partial charge on any atom is 0.201 e. The SMILES string of the molecule is COc1cc([C@H]2c3c(cc(OC)c(O)c3OC)C[C@@H](CO)[C@@H]2CO[C@@H]2O[C@H](CO)[C@H](O)[C@H](O)[C@H]2O)cc(OC)c1O. The van der Waals surface area contributed by atoms with Crippen molar-refractivity contribution in [3.63, 3.8) is 0 Å². The van der Waals surface area contributed by atoms with Gasteiger partial charge in [0, 0.05) is 18.1 Å². The molecule has 13 nitrogen and oxygen atoms in total. The minimum absolute atomic E-state index is 0.123. The van der Waals surface area contributed by atoms with Crippen LogP contribution in [0.4, 0.5) is 0 Å². The summed E-state index contributed by atoms with van der Waals surface area (Å²) in [7, 11) is 5.60. The van der Waals surface area contributed by atoms with Crippen molar-refractivity contribution in [2.45, 2.75) is 43.0 Å². The average Bonchev–Trinajstić information content (AvgIpc) is 2.98. The van der Waals surface area contributed by atoms with Gasteiger partial charge in [0.1, 0.15) is 24.4 Å². The van der Waals surface area contributed by atoms with Crippen LogP contribution >= 0.6 is 0 Å². The minimum atomic E-state index is -1.63. The summed E-state index contributed by atoms with van der Waals surface area (Å²) in [4.78, 5) is 0. The lowest BCUT2D eigenvalue weighted by atomic mass is 9.66. The molecule has 4 rings (SSSR count). The first-order valence-electron chi connectivity index (χ1n) is 13.1. The fourth-order valence-electron chi connectivity index (χ4n) is 5.83. The molecule has 0 bridgehead atoms. The number of aliphatic hydroxyl groups excluding tert-OH is 5. The highest BCUT2D eigenvalue weighted by Crippen LogP contribution is 2.54. The van der Waals surface area contributed by atoms with Crippen molar-refractivity contribution < 1.29 is 64.2 Å². The summed E-state index contributed by atoms with van der Waals surface area (Å²) in [6, 6.07) is 4.88. The molecular formula is C28H38O13. The molecule has 2 aromatic carbocycles. The van der Waals surface area contributed by atoms with Crippen LogP contribution in [0.25, 0.3) is 0 Å². The third kappa shape index (κ3) is 5.58. The average molecular weight is 583 g/mol. The zero-order chi connectivity index (χ0) is 30.0. The lowest BCUT2D eigenvalue weighted by Crippen LogP contribution is -2.59. The van der Waals surface area contributed by atoms with E-state index in [1.165, 1.54) is 28.4 Å². The van der Waals surface area contributed by atoms with Crippen molar-refractivity contribution in [1.29, 1.82) is 0 Å². The van der Waals surface area contributed by atoms with E-state index >= 15 is 0 Å². The van der Waals surface area contributed by atoms with Crippen LogP contribution in [0.5, 0.6) is 34.5 Å². The van der Waals surface area contributed by atoms with Gasteiger partial charge in [0.15, 0.2) is 29.3 Å². The standard InChI is InChI=1S/C28H38O13/c1-36-16-7-13(8-17(37-2)22(16)31)20-15(11-40-28-26(35)25(34)23(32)19(10-30)41-28)14(9-29)5-12-6-18(38-3)24(33)27(39-4)21(12)20/h6-8,14-15,19-20,23,25-26,28-35H,5,9-11H2,1-4H3/t14-,15-,19+,20+,23-,25-,26+,28+/m0/s1. The number of aliphatic hydroxyl groups is 5. The Morgan fingerprint density at radius 1 is 0.780 bits per heavy atom. The van der Waals surface area contributed by atoms with Gasteiger partial charge in [0.25, 0.3) is 0 Å². The minimum Gasteiger partial charge on any atom is -0.502 e. The maximum atomic E-state index is 11.0. The fraction of sp³-hybridized carbons (Fsp3) is 0.571. The van der Waals surface area contributed by atoms with E-state index in [-0.39, 0.29) is 47.7 Å². The second kappa shape index (κ2) is 12.9. The van der Waals surface area contributed by atoms with Crippen LogP contribution < -0.4 is 18.9 Å². The van der Waals surface area contributed by atoms with E-state index in [2.05, 4.69) is 0 Å². The molecule has 0 aromatic heterocycles. The van der Waals surface area contributed by atoms with Crippen LogP contribution in [0.3, 0.4) is 0 Å². The van der Waals surface area contributed by atoms with Crippen LogP contribution in [-0.4, -0.2) is 115 Å². The van der Waals surface area contributed by atoms with E-state index in [9.17, 15) is 35.7 Å². The Morgan fingerprint density at radius 2 is 1.39 bits per heavy atom. The van der Waals surface area contributed by atoms with E-state index in [0.29, 0.717) is 17.5 Å². The lowest BCUT2D eigenvalue weighted by Gasteiger charge is -2.43. The Labute approximate surface area is 237 Å². The van der Waals surface area contributed by atoms with Crippen LogP contribution in [-0.2, 0) is 15.9 Å². The first kappa shape index (κ1) is 30.9. The largest absolute Gasteiger partial charge is 0.502 e. The van der Waals surface area contributed by atoms with Gasteiger partial charge in [-0.05, 0) is 47.6 Å². The van der Waals surface area contributed by atoms with Crippen LogP contribution in [0, 0.1) is 11.8 Å². The molecule has 0 spiro atoms. The van der Waals surface area contributed by atoms with Gasteiger partial charge in [-0.3, -0.25) is 0 Å². The Balaban J connectivity index is 1.85. The maximum absolute atomic E-state index is 11.0. The van der Waals surface area contributed by atoms with Crippen LogP contribution in [0.1, 0.15) is 22.6 Å². The van der Waals surface area contributed by atoms with Gasteiger partial charge in [-0.2, -0.15) is 0 Å². The predicted octanol–water partition coefficient (Wildman–Crippen LogP) is -0.139. The smallest absolute Gasteiger partial charge is 0.201 e. The van der Waals surface area contributed by atoms with Crippen molar-refractivity contribution in [1.82, 2.24) is 0 Å². The van der Waals surface area contributed by atoms with E-state index < -0.39 is 55.1 Å². The first-order chi connectivity index (χ1) is 19.6. The second-order valence-corrected chi connectivity index (χ2v) is 10.1. The number of ether oxygens (including phenoxy) is 6. The summed E-state index contributed by atoms with van der Waals surface area (Å²) in [6.07, 6.45) is -7.02. The number of rotatable bonds is 10. The molecule has 1 fully saturated rings. The van der Waals surface area contributed by atoms with Crippen LogP contribution in [0.2, 0.25) is 0 Å². The summed E-state index contributed by atoms with van der Waals surface area (Å²) < 4.78 is 33.3. The Morgan fingerprint density at radius 3 is 1.93 bits per heavy atom. The Bertz CT molecular complexity index is 1180. The molecule has 0 amide bonds. The Hall–Kier alpha value is -3.04. The van der Waals surface area contributed by atoms with Gasteiger partial charge in [-0.25, -0.2) is 0 Å². The van der Waals surface area contributed by atoms with Crippen molar-refractivity contribution in [2.75, 3.05) is 48.3 Å². The quantitative estimate of drug-likeness (QED) is 0.196. The van der Waals surface area contributed by atoms with E-state index in [0.717, 1.165) is 5.56 Å². The third-order valence-corrected chi connectivity index (χ3v) is 7.99. The summed E-state index contributed by atoms with van der Waals surface area (Å²) in [5.41, 5.74) is 1.88. The zero-order valence-corrected chi connectivity index (χ0v) is 23.3. The van der Waals surface area contributed by atoms with Gasteiger partial charge in [-0.1, -0.05) is 0 Å². The lowest BCUT2D eigenvalue weighted by molar-refractivity contribution is -0.304. The summed E-state index contributed by atoms with van der Waals surface area (Å²) in [6.45, 7) is -1.02. The second-order valence-electron chi connectivity index (χ2n) is 10.1. The first-order valence-corrected chi connectivity index (χ1v) is 13.1. The number of fused-ring (bicyclic) bond motifs is 1. The molecule has 2 aliphatic rings. The molecule has 1 saturated heterocycles. The predicted molar refractivity (Wildman–Crippen MR) is 142 cm³/mol. The van der Waals surface area contributed by atoms with Gasteiger partial charge in [0.2, 0.25) is 11.5 Å². The number of phenols is 2. The normalized spacial score (nSPS) is 29.5. The molecule has 0 radical (unpaired) electrons. The molecule has 8 atom stereocenters. The topological polar surface area (TPSA) is 197 Å². The number of aromatic hydroxyl groups is 2. The monoisotopic (exact) mass is 582 g/mol. The van der Waals surface area contributed by atoms with Crippen molar-refractivity contribution in [3.05, 3.63) is 34.9 Å². The summed E-state index contributed by atoms with van der Waals surface area (Å²) in [5.74, 6) is -1.51. The highest BCUT2D eigenvalue weighted by Gasteiger charge is 2.46. The molecule has 1 aliphatic heterocycles. The number of hydrogen-bond acceptors (Lipinski definition) is 13. The summed E-state index contributed by atoms with van der Waals surface area (Å²) in [5, 5.41) is 72.6. The molecule has 7 N–H and O–H groups in total. The van der Waals surface area contributed by atoms with Crippen molar-refractivity contribution in [3.8, 4) is 34.5 Å². The number of hydrogen-bond donors (Lipinski definition) is 7. The Kier molecular flexibility index (Phi) is 9.70. The number of methoxy groups -OCH3 is 4. The molecule has 0 unspecified atom stereocenters. The molecule has 0 saturated carbocycles. The molecular weight excluding hydrogens is 544 g/mol. The van der Waals surface area contributed by atoms with E-state index in [1.54, 1.807) is 18.2 Å². The van der Waals surface area contributed by atoms with Crippen molar-refractivity contribution in [2.24, 2.45) is 11.8 Å². The molecule has 2 aromatic rings. The van der Waals surface area contributed by atoms with Gasteiger partial charge < -0.3 is 64.2 Å². The van der Waals surface area contributed by atoms with E-state index in [1.807, 2.05) is 0 Å². The highest BCUT2D eigenvalue weighted by molar-refractivity contribution is 5.64.